The lowest BCUT2D eigenvalue weighted by Crippen LogP contribution is -2.42. The number of H-pyrrole nitrogens is 1. The predicted octanol–water partition coefficient (Wildman–Crippen LogP) is 5.13. The standard InChI is InChI=1S/C22H29N3O2S/c1-2-15-12-16-6-5-10-22(13-15,14-16)20-23-24-21(28)25(20)11-9-17-7-3-4-8-18(17)19(26)27/h3-4,7-8,15-16H,2,5-6,9-14H2,1H3,(H,24,28)(H,26,27). The van der Waals surface area contributed by atoms with Crippen LogP contribution < -0.4 is 0 Å². The average Bonchev–Trinajstić information content (AvgIpc) is 3.07. The van der Waals surface area contributed by atoms with Gasteiger partial charge in [-0.15, -0.1) is 0 Å². The Morgan fingerprint density at radius 1 is 1.39 bits per heavy atom. The minimum absolute atomic E-state index is 0.127. The Morgan fingerprint density at radius 3 is 3.00 bits per heavy atom. The van der Waals surface area contributed by atoms with Crippen molar-refractivity contribution in [2.45, 2.75) is 70.3 Å². The van der Waals surface area contributed by atoms with Gasteiger partial charge in [0.1, 0.15) is 5.82 Å². The molecular formula is C22H29N3O2S. The van der Waals surface area contributed by atoms with E-state index in [0.717, 1.165) is 23.2 Å². The zero-order valence-corrected chi connectivity index (χ0v) is 17.3. The third kappa shape index (κ3) is 3.54. The first-order valence-corrected chi connectivity index (χ1v) is 10.9. The van der Waals surface area contributed by atoms with Crippen molar-refractivity contribution in [3.05, 3.63) is 46.0 Å². The van der Waals surface area contributed by atoms with Crippen LogP contribution in [-0.4, -0.2) is 25.8 Å². The highest BCUT2D eigenvalue weighted by atomic mass is 32.1. The molecule has 1 aromatic carbocycles. The van der Waals surface area contributed by atoms with Gasteiger partial charge in [-0.3, -0.25) is 5.10 Å². The first-order chi connectivity index (χ1) is 13.5. The number of benzene rings is 1. The van der Waals surface area contributed by atoms with Crippen LogP contribution in [0.4, 0.5) is 0 Å². The molecule has 2 fully saturated rings. The molecule has 2 saturated carbocycles. The van der Waals surface area contributed by atoms with Crippen molar-refractivity contribution in [2.24, 2.45) is 11.8 Å². The third-order valence-corrected chi connectivity index (χ3v) is 7.27. The van der Waals surface area contributed by atoms with Crippen LogP contribution in [-0.2, 0) is 18.4 Å². The van der Waals surface area contributed by atoms with Crippen molar-refractivity contribution in [3.8, 4) is 0 Å². The van der Waals surface area contributed by atoms with Gasteiger partial charge in [0, 0.05) is 12.0 Å². The van der Waals surface area contributed by atoms with E-state index in [1.807, 2.05) is 12.1 Å². The molecule has 0 aliphatic heterocycles. The second-order valence-electron chi connectivity index (χ2n) is 8.67. The molecule has 5 nitrogen and oxygen atoms in total. The number of aromatic nitrogens is 3. The molecule has 2 bridgehead atoms. The van der Waals surface area contributed by atoms with Gasteiger partial charge in [0.05, 0.1) is 5.56 Å². The van der Waals surface area contributed by atoms with E-state index in [0.29, 0.717) is 23.3 Å². The second-order valence-corrected chi connectivity index (χ2v) is 9.06. The molecule has 6 heteroatoms. The van der Waals surface area contributed by atoms with E-state index in [9.17, 15) is 9.90 Å². The number of aryl methyl sites for hydroxylation is 1. The summed E-state index contributed by atoms with van der Waals surface area (Å²) in [7, 11) is 0. The molecule has 2 N–H and O–H groups in total. The van der Waals surface area contributed by atoms with Gasteiger partial charge in [-0.05, 0) is 67.8 Å². The second kappa shape index (κ2) is 7.82. The topological polar surface area (TPSA) is 70.9 Å². The zero-order chi connectivity index (χ0) is 19.7. The molecule has 0 amide bonds. The number of aromatic amines is 1. The fourth-order valence-electron chi connectivity index (χ4n) is 5.69. The Labute approximate surface area is 171 Å². The largest absolute Gasteiger partial charge is 0.478 e. The van der Waals surface area contributed by atoms with Crippen LogP contribution in [0.3, 0.4) is 0 Å². The number of carboxylic acid groups (broad SMARTS) is 1. The van der Waals surface area contributed by atoms with E-state index in [-0.39, 0.29) is 5.41 Å². The highest BCUT2D eigenvalue weighted by Gasteiger charge is 2.46. The smallest absolute Gasteiger partial charge is 0.335 e. The predicted molar refractivity (Wildman–Crippen MR) is 111 cm³/mol. The van der Waals surface area contributed by atoms with E-state index in [4.69, 9.17) is 17.3 Å². The first-order valence-electron chi connectivity index (χ1n) is 10.5. The normalized spacial score (nSPS) is 26.9. The molecule has 1 heterocycles. The summed E-state index contributed by atoms with van der Waals surface area (Å²) >= 11 is 5.57. The Balaban J connectivity index is 1.63. The fourth-order valence-corrected chi connectivity index (χ4v) is 5.92. The average molecular weight is 400 g/mol. The number of rotatable bonds is 6. The third-order valence-electron chi connectivity index (χ3n) is 6.96. The van der Waals surface area contributed by atoms with Crippen molar-refractivity contribution in [3.63, 3.8) is 0 Å². The van der Waals surface area contributed by atoms with E-state index in [2.05, 4.69) is 16.6 Å². The Morgan fingerprint density at radius 2 is 2.21 bits per heavy atom. The molecule has 2 aromatic rings. The van der Waals surface area contributed by atoms with Crippen molar-refractivity contribution in [2.75, 3.05) is 0 Å². The summed E-state index contributed by atoms with van der Waals surface area (Å²) in [6.07, 6.45) is 9.44. The van der Waals surface area contributed by atoms with Crippen molar-refractivity contribution in [1.82, 2.24) is 14.8 Å². The summed E-state index contributed by atoms with van der Waals surface area (Å²) in [4.78, 5) is 11.5. The maximum atomic E-state index is 11.5. The zero-order valence-electron chi connectivity index (χ0n) is 16.5. The van der Waals surface area contributed by atoms with Gasteiger partial charge in [-0.25, -0.2) is 4.79 Å². The number of carboxylic acids is 1. The molecule has 28 heavy (non-hydrogen) atoms. The lowest BCUT2D eigenvalue weighted by Gasteiger charge is -2.47. The summed E-state index contributed by atoms with van der Waals surface area (Å²) in [5.41, 5.74) is 1.35. The van der Waals surface area contributed by atoms with E-state index >= 15 is 0 Å². The SMILES string of the molecule is CCC1CC2CCCC(c3n[nH]c(=S)n3CCc3ccccc3C(=O)O)(C1)C2. The number of aromatic carboxylic acids is 1. The molecule has 2 aliphatic carbocycles. The van der Waals surface area contributed by atoms with Gasteiger partial charge in [-0.1, -0.05) is 44.4 Å². The Bertz CT molecular complexity index is 919. The van der Waals surface area contributed by atoms with Crippen LogP contribution in [0.1, 0.15) is 73.6 Å². The number of nitrogens with one attached hydrogen (secondary N) is 1. The van der Waals surface area contributed by atoms with Gasteiger partial charge in [0.15, 0.2) is 4.77 Å². The number of hydrogen-bond acceptors (Lipinski definition) is 3. The van der Waals surface area contributed by atoms with Crippen LogP contribution in [0.25, 0.3) is 0 Å². The van der Waals surface area contributed by atoms with Gasteiger partial charge >= 0.3 is 5.97 Å². The van der Waals surface area contributed by atoms with E-state index in [1.54, 1.807) is 12.1 Å². The van der Waals surface area contributed by atoms with Crippen molar-refractivity contribution in [1.29, 1.82) is 0 Å². The van der Waals surface area contributed by atoms with Crippen LogP contribution in [0.15, 0.2) is 24.3 Å². The molecule has 1 aromatic heterocycles. The Hall–Kier alpha value is -1.95. The van der Waals surface area contributed by atoms with Crippen LogP contribution in [0.5, 0.6) is 0 Å². The van der Waals surface area contributed by atoms with Gasteiger partial charge < -0.3 is 9.67 Å². The van der Waals surface area contributed by atoms with Crippen LogP contribution >= 0.6 is 12.2 Å². The monoisotopic (exact) mass is 399 g/mol. The molecule has 3 atom stereocenters. The van der Waals surface area contributed by atoms with Crippen LogP contribution in [0.2, 0.25) is 0 Å². The molecule has 3 unspecified atom stereocenters. The van der Waals surface area contributed by atoms with Crippen LogP contribution in [0, 0.1) is 16.6 Å². The van der Waals surface area contributed by atoms with Crippen molar-refractivity contribution < 1.29 is 9.90 Å². The molecule has 150 valence electrons. The molecule has 2 aliphatic rings. The fraction of sp³-hybridized carbons (Fsp3) is 0.591. The Kier molecular flexibility index (Phi) is 5.41. The quantitative estimate of drug-likeness (QED) is 0.661. The summed E-state index contributed by atoms with van der Waals surface area (Å²) in [5.74, 6) is 1.80. The highest BCUT2D eigenvalue weighted by molar-refractivity contribution is 7.71. The number of nitrogens with zero attached hydrogens (tertiary/aromatic N) is 2. The lowest BCUT2D eigenvalue weighted by molar-refractivity contribution is 0.0695. The summed E-state index contributed by atoms with van der Waals surface area (Å²) in [6.45, 7) is 2.97. The minimum Gasteiger partial charge on any atom is -0.478 e. The van der Waals surface area contributed by atoms with Gasteiger partial charge in [-0.2, -0.15) is 5.10 Å². The minimum atomic E-state index is -0.876. The van der Waals surface area contributed by atoms with E-state index < -0.39 is 5.97 Å². The molecular weight excluding hydrogens is 370 g/mol. The molecule has 0 saturated heterocycles. The first kappa shape index (κ1) is 19.4. The maximum absolute atomic E-state index is 11.5. The lowest BCUT2D eigenvalue weighted by atomic mass is 9.58. The van der Waals surface area contributed by atoms with E-state index in [1.165, 1.54) is 44.9 Å². The number of hydrogen-bond donors (Lipinski definition) is 2. The van der Waals surface area contributed by atoms with Gasteiger partial charge in [0.2, 0.25) is 0 Å². The highest BCUT2D eigenvalue weighted by Crippen LogP contribution is 2.52. The molecule has 0 spiro atoms. The maximum Gasteiger partial charge on any atom is 0.335 e. The summed E-state index contributed by atoms with van der Waals surface area (Å²) < 4.78 is 2.80. The molecule has 4 rings (SSSR count). The summed E-state index contributed by atoms with van der Waals surface area (Å²) in [5, 5.41) is 17.2. The number of fused-ring (bicyclic) bond motifs is 2. The summed E-state index contributed by atoms with van der Waals surface area (Å²) in [6, 6.07) is 7.24. The van der Waals surface area contributed by atoms with Crippen molar-refractivity contribution >= 4 is 18.2 Å². The number of carbonyl (C=O) groups is 1. The molecule has 0 radical (unpaired) electrons. The van der Waals surface area contributed by atoms with Gasteiger partial charge in [0.25, 0.3) is 0 Å².